The van der Waals surface area contributed by atoms with Gasteiger partial charge in [-0.3, -0.25) is 6.08 Å². The molecule has 1 unspecified atom stereocenters. The molecule has 0 fully saturated rings. The zero-order valence-corrected chi connectivity index (χ0v) is 15.3. The van der Waals surface area contributed by atoms with Crippen molar-refractivity contribution < 1.29 is 22.4 Å². The molecule has 0 amide bonds. The van der Waals surface area contributed by atoms with Crippen molar-refractivity contribution >= 4 is 0 Å². The van der Waals surface area contributed by atoms with Crippen LogP contribution in [0.15, 0.2) is 78.9 Å². The first kappa shape index (κ1) is 16.9. The molecule has 1 aliphatic rings. The molecule has 0 heterocycles. The first-order chi connectivity index (χ1) is 11.4. The van der Waals surface area contributed by atoms with E-state index in [1.807, 2.05) is 12.2 Å². The fourth-order valence-corrected chi connectivity index (χ4v) is 2.94. The van der Waals surface area contributed by atoms with Crippen LogP contribution in [0.5, 0.6) is 0 Å². The minimum atomic E-state index is 0. The summed E-state index contributed by atoms with van der Waals surface area (Å²) >= 11 is 0. The first-order valence-electron chi connectivity index (χ1n) is 7.89. The van der Waals surface area contributed by atoms with Crippen molar-refractivity contribution in [2.75, 3.05) is 0 Å². The molecule has 3 aromatic carbocycles. The summed E-state index contributed by atoms with van der Waals surface area (Å²) in [6, 6.07) is 28.1. The quantitative estimate of drug-likeness (QED) is 0.346. The Kier molecular flexibility index (Phi) is 5.42. The van der Waals surface area contributed by atoms with Gasteiger partial charge in [0, 0.05) is 22.4 Å². The molecule has 1 radical (unpaired) electrons. The monoisotopic (exact) mass is 489 g/mol. The van der Waals surface area contributed by atoms with E-state index in [9.17, 15) is 0 Å². The molecule has 4 rings (SSSR count). The van der Waals surface area contributed by atoms with Gasteiger partial charge in [0.2, 0.25) is 0 Å². The van der Waals surface area contributed by atoms with E-state index in [0.717, 1.165) is 12.0 Å². The smallest absolute Gasteiger partial charge is 0 e. The average Bonchev–Trinajstić information content (AvgIpc) is 3.29. The van der Waals surface area contributed by atoms with E-state index in [2.05, 4.69) is 84.9 Å². The Balaban J connectivity index is 0.00000169. The molecular weight excluding hydrogens is 473 g/mol. The van der Waals surface area contributed by atoms with Crippen molar-refractivity contribution in [1.82, 2.24) is 0 Å². The maximum atomic E-state index is 3.54. The van der Waals surface area contributed by atoms with Gasteiger partial charge in [-0.25, -0.2) is 29.3 Å². The van der Waals surface area contributed by atoms with Crippen LogP contribution in [-0.4, -0.2) is 0 Å². The van der Waals surface area contributed by atoms with Crippen molar-refractivity contribution in [2.45, 2.75) is 12.3 Å². The number of hydrogen-bond donors (Lipinski definition) is 0. The zero-order valence-electron chi connectivity index (χ0n) is 13.1. The van der Waals surface area contributed by atoms with E-state index >= 15 is 0 Å². The van der Waals surface area contributed by atoms with Crippen LogP contribution in [0.2, 0.25) is 0 Å². The summed E-state index contributed by atoms with van der Waals surface area (Å²) in [5.41, 5.74) is 5.94. The van der Waals surface area contributed by atoms with Crippen LogP contribution in [0.25, 0.3) is 11.1 Å². The summed E-state index contributed by atoms with van der Waals surface area (Å²) in [5, 5.41) is 0. The normalized spacial score (nSPS) is 15.4. The standard InChI is InChI=1S/C23H16.Au/c1-2-10-20(9-1)22-13-5-7-18(16-22)15-19-8-6-14-23(17-19)21-11-3-4-12-21;/h1-11,13-14,21H,15H2;/q-4;. The Bertz CT molecular complexity index is 841. The van der Waals surface area contributed by atoms with Gasteiger partial charge in [-0.1, -0.05) is 5.92 Å². The minimum Gasteiger partial charge on any atom is -0.267 e. The molecule has 0 spiro atoms. The third kappa shape index (κ3) is 3.73. The summed E-state index contributed by atoms with van der Waals surface area (Å²) in [4.78, 5) is 0. The molecule has 0 aliphatic heterocycles. The summed E-state index contributed by atoms with van der Waals surface area (Å²) in [7, 11) is 0. The van der Waals surface area contributed by atoms with Crippen LogP contribution in [-0.2, 0) is 28.8 Å². The largest absolute Gasteiger partial charge is 0.267 e. The molecule has 0 saturated heterocycles. The van der Waals surface area contributed by atoms with Crippen molar-refractivity contribution in [3.63, 3.8) is 0 Å². The van der Waals surface area contributed by atoms with Crippen LogP contribution in [0.4, 0.5) is 0 Å². The fourth-order valence-electron chi connectivity index (χ4n) is 2.94. The number of rotatable bonds is 4. The molecular formula is C23H16Au-4. The minimum absolute atomic E-state index is 0. The molecule has 1 aliphatic carbocycles. The predicted octanol–water partition coefficient (Wildman–Crippen LogP) is 5.27. The molecule has 0 saturated carbocycles. The second kappa shape index (κ2) is 7.72. The Morgan fingerprint density at radius 3 is 2.50 bits per heavy atom. The van der Waals surface area contributed by atoms with Gasteiger partial charge < -0.3 is 0 Å². The summed E-state index contributed by atoms with van der Waals surface area (Å²) < 4.78 is 0. The van der Waals surface area contributed by atoms with Gasteiger partial charge in [-0.05, 0) is 6.42 Å². The Morgan fingerprint density at radius 2 is 1.75 bits per heavy atom. The molecule has 0 bridgehead atoms. The maximum Gasteiger partial charge on any atom is 0 e. The summed E-state index contributed by atoms with van der Waals surface area (Å²) in [6.07, 6.45) is 10.3. The van der Waals surface area contributed by atoms with Crippen molar-refractivity contribution in [3.8, 4) is 11.1 Å². The first-order valence-corrected chi connectivity index (χ1v) is 7.89. The van der Waals surface area contributed by atoms with Crippen LogP contribution in [0, 0.1) is 18.2 Å². The van der Waals surface area contributed by atoms with E-state index in [1.165, 1.54) is 22.3 Å². The third-order valence-electron chi connectivity index (χ3n) is 4.10. The van der Waals surface area contributed by atoms with Gasteiger partial charge in [-0.2, -0.15) is 77.9 Å². The molecule has 0 aromatic heterocycles. The van der Waals surface area contributed by atoms with E-state index in [4.69, 9.17) is 0 Å². The molecule has 0 N–H and O–H groups in total. The van der Waals surface area contributed by atoms with Crippen LogP contribution >= 0.6 is 0 Å². The zero-order chi connectivity index (χ0) is 15.5. The molecule has 1 atom stereocenters. The Hall–Kier alpha value is -1.99. The van der Waals surface area contributed by atoms with Gasteiger partial charge in [0.15, 0.2) is 0 Å². The van der Waals surface area contributed by atoms with Gasteiger partial charge in [-0.15, -0.1) is 11.6 Å². The van der Waals surface area contributed by atoms with E-state index in [0.29, 0.717) is 0 Å². The SMILES string of the molecule is [Au].[C-]1=CC=CC1c1[c-]c(Cc2[c-]c(-c3ccc[cH-]3)ccc2)ccc1. The average molecular weight is 489 g/mol. The van der Waals surface area contributed by atoms with Gasteiger partial charge in [0.05, 0.1) is 0 Å². The van der Waals surface area contributed by atoms with Crippen molar-refractivity contribution in [2.24, 2.45) is 0 Å². The van der Waals surface area contributed by atoms with Crippen LogP contribution in [0.1, 0.15) is 22.6 Å². The third-order valence-corrected chi connectivity index (χ3v) is 4.10. The van der Waals surface area contributed by atoms with Crippen LogP contribution < -0.4 is 0 Å². The van der Waals surface area contributed by atoms with Crippen molar-refractivity contribution in [1.29, 1.82) is 0 Å². The topological polar surface area (TPSA) is 0 Å². The number of allylic oxidation sites excluding steroid dienone is 4. The van der Waals surface area contributed by atoms with Gasteiger partial charge >= 0.3 is 0 Å². The Morgan fingerprint density at radius 1 is 0.917 bits per heavy atom. The second-order valence-electron chi connectivity index (χ2n) is 5.77. The summed E-state index contributed by atoms with van der Waals surface area (Å²) in [5.74, 6) is 0.245. The summed E-state index contributed by atoms with van der Waals surface area (Å²) in [6.45, 7) is 0. The predicted molar refractivity (Wildman–Crippen MR) is 94.1 cm³/mol. The Labute approximate surface area is 159 Å². The second-order valence-corrected chi connectivity index (χ2v) is 5.77. The van der Waals surface area contributed by atoms with E-state index in [1.54, 1.807) is 0 Å². The molecule has 24 heavy (non-hydrogen) atoms. The molecule has 1 heteroatoms. The number of benzene rings is 2. The van der Waals surface area contributed by atoms with E-state index in [-0.39, 0.29) is 28.3 Å². The maximum absolute atomic E-state index is 3.54. The van der Waals surface area contributed by atoms with Crippen molar-refractivity contribution in [3.05, 3.63) is 114 Å². The molecule has 0 nitrogen and oxygen atoms in total. The number of hydrogen-bond acceptors (Lipinski definition) is 0. The van der Waals surface area contributed by atoms with E-state index < -0.39 is 0 Å². The van der Waals surface area contributed by atoms with Gasteiger partial charge in [0.25, 0.3) is 0 Å². The molecule has 123 valence electrons. The van der Waals surface area contributed by atoms with Gasteiger partial charge in [0.1, 0.15) is 0 Å². The molecule has 3 aromatic rings. The van der Waals surface area contributed by atoms with Crippen LogP contribution in [0.3, 0.4) is 0 Å². The fraction of sp³-hybridized carbons (Fsp3) is 0.0870.